The fraction of sp³-hybridized carbons (Fsp3) is 0.300. The highest BCUT2D eigenvalue weighted by Crippen LogP contribution is 2.01. The third-order valence-electron chi connectivity index (χ3n) is 1.49. The SMILES string of the molecule is C[C@H](O)OC(=O)Cc1ccccc1. The fourth-order valence-electron chi connectivity index (χ4n) is 0.994. The first-order valence-electron chi connectivity index (χ1n) is 4.10. The van der Waals surface area contributed by atoms with Crippen molar-refractivity contribution >= 4 is 5.97 Å². The molecule has 0 aromatic heterocycles. The molecule has 0 bridgehead atoms. The molecule has 3 nitrogen and oxygen atoms in total. The molecule has 1 aromatic rings. The van der Waals surface area contributed by atoms with Gasteiger partial charge in [0.25, 0.3) is 0 Å². The number of hydrogen-bond donors (Lipinski definition) is 1. The summed E-state index contributed by atoms with van der Waals surface area (Å²) in [6, 6.07) is 9.26. The Bertz CT molecular complexity index is 267. The van der Waals surface area contributed by atoms with Gasteiger partial charge in [0.15, 0.2) is 6.29 Å². The second kappa shape index (κ2) is 4.62. The maximum atomic E-state index is 11.0. The molecule has 0 spiro atoms. The third kappa shape index (κ3) is 3.71. The average molecular weight is 180 g/mol. The van der Waals surface area contributed by atoms with Crippen molar-refractivity contribution < 1.29 is 14.6 Å². The summed E-state index contributed by atoms with van der Waals surface area (Å²) in [5.74, 6) is -0.416. The summed E-state index contributed by atoms with van der Waals surface area (Å²) in [6.45, 7) is 1.41. The first kappa shape index (κ1) is 9.74. The van der Waals surface area contributed by atoms with Gasteiger partial charge in [0.1, 0.15) is 0 Å². The lowest BCUT2D eigenvalue weighted by Gasteiger charge is -2.06. The first-order valence-corrected chi connectivity index (χ1v) is 4.10. The Morgan fingerprint density at radius 3 is 2.62 bits per heavy atom. The topological polar surface area (TPSA) is 46.5 Å². The van der Waals surface area contributed by atoms with E-state index < -0.39 is 12.3 Å². The van der Waals surface area contributed by atoms with Crippen LogP contribution in [0.15, 0.2) is 30.3 Å². The quantitative estimate of drug-likeness (QED) is 0.560. The molecule has 0 saturated carbocycles. The zero-order chi connectivity index (χ0) is 9.68. The van der Waals surface area contributed by atoms with Gasteiger partial charge < -0.3 is 9.84 Å². The number of esters is 1. The van der Waals surface area contributed by atoms with Crippen LogP contribution < -0.4 is 0 Å². The maximum Gasteiger partial charge on any atom is 0.312 e. The molecule has 0 saturated heterocycles. The number of carbonyl (C=O) groups is 1. The Kier molecular flexibility index (Phi) is 3.46. The van der Waals surface area contributed by atoms with Gasteiger partial charge in [-0.2, -0.15) is 0 Å². The molecule has 1 rings (SSSR count). The predicted molar refractivity (Wildman–Crippen MR) is 47.9 cm³/mol. The molecule has 1 N–H and O–H groups in total. The van der Waals surface area contributed by atoms with Crippen LogP contribution in [0.1, 0.15) is 12.5 Å². The minimum Gasteiger partial charge on any atom is -0.436 e. The second-order valence-electron chi connectivity index (χ2n) is 2.75. The maximum absolute atomic E-state index is 11.0. The zero-order valence-corrected chi connectivity index (χ0v) is 7.43. The van der Waals surface area contributed by atoms with Crippen molar-refractivity contribution in [3.8, 4) is 0 Å². The van der Waals surface area contributed by atoms with E-state index in [0.717, 1.165) is 5.56 Å². The van der Waals surface area contributed by atoms with Crippen molar-refractivity contribution in [1.29, 1.82) is 0 Å². The van der Waals surface area contributed by atoms with Crippen molar-refractivity contribution in [2.45, 2.75) is 19.6 Å². The molecule has 13 heavy (non-hydrogen) atoms. The van der Waals surface area contributed by atoms with Gasteiger partial charge >= 0.3 is 5.97 Å². The van der Waals surface area contributed by atoms with Crippen LogP contribution in [-0.4, -0.2) is 17.4 Å². The van der Waals surface area contributed by atoms with Gasteiger partial charge in [-0.15, -0.1) is 0 Å². The first-order chi connectivity index (χ1) is 6.18. The molecule has 70 valence electrons. The molecule has 0 unspecified atom stereocenters. The van der Waals surface area contributed by atoms with Crippen molar-refractivity contribution in [2.75, 3.05) is 0 Å². The number of aliphatic hydroxyl groups is 1. The van der Waals surface area contributed by atoms with Gasteiger partial charge in [-0.1, -0.05) is 30.3 Å². The number of aliphatic hydroxyl groups excluding tert-OH is 1. The van der Waals surface area contributed by atoms with Gasteiger partial charge in [0, 0.05) is 0 Å². The molecule has 0 aliphatic rings. The van der Waals surface area contributed by atoms with Crippen molar-refractivity contribution in [3.05, 3.63) is 35.9 Å². The Hall–Kier alpha value is -1.35. The molecule has 0 fully saturated rings. The highest BCUT2D eigenvalue weighted by molar-refractivity contribution is 5.72. The summed E-state index contributed by atoms with van der Waals surface area (Å²) in [5.41, 5.74) is 0.883. The molecule has 0 radical (unpaired) electrons. The van der Waals surface area contributed by atoms with E-state index in [1.165, 1.54) is 6.92 Å². The van der Waals surface area contributed by atoms with E-state index in [-0.39, 0.29) is 6.42 Å². The van der Waals surface area contributed by atoms with E-state index in [1.54, 1.807) is 0 Å². The highest BCUT2D eigenvalue weighted by Gasteiger charge is 2.06. The Morgan fingerprint density at radius 2 is 2.08 bits per heavy atom. The summed E-state index contributed by atoms with van der Waals surface area (Å²) < 4.78 is 4.57. The molecule has 0 amide bonds. The second-order valence-corrected chi connectivity index (χ2v) is 2.75. The van der Waals surface area contributed by atoms with Crippen LogP contribution >= 0.6 is 0 Å². The summed E-state index contributed by atoms with van der Waals surface area (Å²) in [7, 11) is 0. The number of carbonyl (C=O) groups excluding carboxylic acids is 1. The van der Waals surface area contributed by atoms with Crippen LogP contribution in [0.3, 0.4) is 0 Å². The lowest BCUT2D eigenvalue weighted by molar-refractivity contribution is -0.163. The summed E-state index contributed by atoms with van der Waals surface area (Å²) in [4.78, 5) is 11.0. The zero-order valence-electron chi connectivity index (χ0n) is 7.43. The van der Waals surface area contributed by atoms with Crippen LogP contribution in [0.2, 0.25) is 0 Å². The molecule has 3 heteroatoms. The van der Waals surface area contributed by atoms with Gasteiger partial charge in [0.05, 0.1) is 6.42 Å². The molecular formula is C10H12O3. The largest absolute Gasteiger partial charge is 0.436 e. The van der Waals surface area contributed by atoms with Crippen molar-refractivity contribution in [1.82, 2.24) is 0 Å². The Labute approximate surface area is 77.0 Å². The number of hydrogen-bond acceptors (Lipinski definition) is 3. The molecular weight excluding hydrogens is 168 g/mol. The van der Waals surface area contributed by atoms with Gasteiger partial charge in [-0.05, 0) is 12.5 Å². The Morgan fingerprint density at radius 1 is 1.46 bits per heavy atom. The minimum absolute atomic E-state index is 0.200. The standard InChI is InChI=1S/C10H12O3/c1-8(11)13-10(12)7-9-5-3-2-4-6-9/h2-6,8,11H,7H2,1H3/t8-/m1/s1. The van der Waals surface area contributed by atoms with E-state index in [4.69, 9.17) is 5.11 Å². The Balaban J connectivity index is 2.46. The van der Waals surface area contributed by atoms with E-state index in [2.05, 4.69) is 4.74 Å². The van der Waals surface area contributed by atoms with Gasteiger partial charge in [0.2, 0.25) is 0 Å². The highest BCUT2D eigenvalue weighted by atomic mass is 16.6. The van der Waals surface area contributed by atoms with E-state index in [1.807, 2.05) is 30.3 Å². The van der Waals surface area contributed by atoms with E-state index in [0.29, 0.717) is 0 Å². The van der Waals surface area contributed by atoms with Crippen LogP contribution in [0, 0.1) is 0 Å². The summed E-state index contributed by atoms with van der Waals surface area (Å²) in [5, 5.41) is 8.76. The minimum atomic E-state index is -1.03. The van der Waals surface area contributed by atoms with Crippen LogP contribution in [0.4, 0.5) is 0 Å². The lowest BCUT2D eigenvalue weighted by atomic mass is 10.2. The fourth-order valence-corrected chi connectivity index (χ4v) is 0.994. The number of rotatable bonds is 3. The van der Waals surface area contributed by atoms with E-state index >= 15 is 0 Å². The number of benzene rings is 1. The molecule has 1 atom stereocenters. The van der Waals surface area contributed by atoms with Gasteiger partial charge in [-0.3, -0.25) is 4.79 Å². The smallest absolute Gasteiger partial charge is 0.312 e. The monoisotopic (exact) mass is 180 g/mol. The molecule has 1 aromatic carbocycles. The number of ether oxygens (including phenoxy) is 1. The summed E-state index contributed by atoms with van der Waals surface area (Å²) >= 11 is 0. The van der Waals surface area contributed by atoms with Crippen molar-refractivity contribution in [3.63, 3.8) is 0 Å². The van der Waals surface area contributed by atoms with Crippen molar-refractivity contribution in [2.24, 2.45) is 0 Å². The van der Waals surface area contributed by atoms with Crippen LogP contribution in [0.5, 0.6) is 0 Å². The predicted octanol–water partition coefficient (Wildman–Crippen LogP) is 1.11. The average Bonchev–Trinajstić information content (AvgIpc) is 2.04. The molecule has 0 aliphatic carbocycles. The van der Waals surface area contributed by atoms with Crippen LogP contribution in [-0.2, 0) is 16.0 Å². The van der Waals surface area contributed by atoms with E-state index in [9.17, 15) is 4.79 Å². The lowest BCUT2D eigenvalue weighted by Crippen LogP contribution is -2.15. The normalized spacial score (nSPS) is 12.2. The molecule has 0 heterocycles. The molecule has 0 aliphatic heterocycles. The third-order valence-corrected chi connectivity index (χ3v) is 1.49. The van der Waals surface area contributed by atoms with Crippen LogP contribution in [0.25, 0.3) is 0 Å². The van der Waals surface area contributed by atoms with Gasteiger partial charge in [-0.25, -0.2) is 0 Å². The summed E-state index contributed by atoms with van der Waals surface area (Å²) in [6.07, 6.45) is -0.831.